The van der Waals surface area contributed by atoms with Gasteiger partial charge in [-0.15, -0.1) is 0 Å². The van der Waals surface area contributed by atoms with Gasteiger partial charge in [0.25, 0.3) is 0 Å². The van der Waals surface area contributed by atoms with E-state index >= 15 is 0 Å². The van der Waals surface area contributed by atoms with E-state index in [-0.39, 0.29) is 35.9 Å². The van der Waals surface area contributed by atoms with Crippen LogP contribution in [0.2, 0.25) is 0 Å². The van der Waals surface area contributed by atoms with E-state index in [2.05, 4.69) is 26.8 Å². The first-order chi connectivity index (χ1) is 26.2. The maximum Gasteiger partial charge on any atom is 0.330 e. The molecule has 0 aromatic carbocycles. The normalized spacial score (nSPS) is 46.8. The van der Waals surface area contributed by atoms with Crippen molar-refractivity contribution in [2.24, 2.45) is 47.3 Å². The number of rotatable bonds is 4. The fraction of sp³-hybridized carbons (Fsp3) is 0.822. The second-order valence-electron chi connectivity index (χ2n) is 18.0. The van der Waals surface area contributed by atoms with Gasteiger partial charge in [-0.05, 0) is 69.6 Å². The van der Waals surface area contributed by atoms with Crippen LogP contribution in [0.15, 0.2) is 36.5 Å². The number of Topliss-reactive ketones (excluding diaryl/α,β-unsaturated/α-hetero) is 1. The highest BCUT2D eigenvalue weighted by molar-refractivity contribution is 5.87. The molecular weight excluding hydrogens is 716 g/mol. The molecule has 56 heavy (non-hydrogen) atoms. The van der Waals surface area contributed by atoms with Crippen molar-refractivity contribution in [1.29, 1.82) is 0 Å². The lowest BCUT2D eigenvalue weighted by Crippen LogP contribution is -2.62. The molecule has 18 atom stereocenters. The van der Waals surface area contributed by atoms with E-state index < -0.39 is 89.9 Å². The van der Waals surface area contributed by atoms with Gasteiger partial charge in [-0.25, -0.2) is 4.79 Å². The number of fused-ring (bicyclic) bond motifs is 2. The summed E-state index contributed by atoms with van der Waals surface area (Å²) in [7, 11) is 0. The van der Waals surface area contributed by atoms with Gasteiger partial charge in [-0.2, -0.15) is 0 Å². The summed E-state index contributed by atoms with van der Waals surface area (Å²) in [5.74, 6) is -4.97. The Morgan fingerprint density at radius 2 is 1.52 bits per heavy atom. The standard InChI is InChI=1S/C45H76O11/c1-11-33-17-15-13-14-16-28(5)43(52)44(10,53)38(48)25-35(47)29(6)41(51)31(8)40(50)27(4)18-21-39(49)54-42-30(7)36(20-19-33)55-45(32(42)9)23-22-26(3)37(56-45)24-34(46)12-2/h13-15,17-18,21,26-37,40-43,46-47,50-53H,11-12,16,19-20,22-25H2,1-10H3/b14-13+,17-15+,21-18+. The van der Waals surface area contributed by atoms with Gasteiger partial charge >= 0.3 is 5.97 Å². The first-order valence-corrected chi connectivity index (χ1v) is 21.4. The minimum Gasteiger partial charge on any atom is -0.458 e. The zero-order chi connectivity index (χ0) is 42.1. The van der Waals surface area contributed by atoms with Crippen molar-refractivity contribution < 1.29 is 54.4 Å². The van der Waals surface area contributed by atoms with Gasteiger partial charge < -0.3 is 44.8 Å². The number of aliphatic hydroxyl groups is 6. The molecule has 18 unspecified atom stereocenters. The summed E-state index contributed by atoms with van der Waals surface area (Å²) >= 11 is 0. The Kier molecular flexibility index (Phi) is 18.4. The van der Waals surface area contributed by atoms with Crippen molar-refractivity contribution in [2.45, 2.75) is 187 Å². The molecule has 2 saturated heterocycles. The highest BCUT2D eigenvalue weighted by atomic mass is 16.7. The van der Waals surface area contributed by atoms with Gasteiger partial charge in [0.05, 0.1) is 42.7 Å². The lowest BCUT2D eigenvalue weighted by Gasteiger charge is -2.55. The molecule has 0 saturated carbocycles. The molecule has 0 aromatic rings. The number of carbonyl (C=O) groups is 2. The molecule has 1 spiro atoms. The van der Waals surface area contributed by atoms with Crippen LogP contribution in [0.25, 0.3) is 0 Å². The number of allylic oxidation sites excluding steroid dienone is 4. The third-order valence-corrected chi connectivity index (χ3v) is 13.7. The summed E-state index contributed by atoms with van der Waals surface area (Å²) in [4.78, 5) is 26.7. The van der Waals surface area contributed by atoms with E-state index in [4.69, 9.17) is 14.2 Å². The van der Waals surface area contributed by atoms with Crippen LogP contribution in [0.5, 0.6) is 0 Å². The average Bonchev–Trinajstić information content (AvgIpc) is 3.17. The maximum atomic E-state index is 13.6. The van der Waals surface area contributed by atoms with Gasteiger partial charge in [0.2, 0.25) is 0 Å². The van der Waals surface area contributed by atoms with Crippen LogP contribution in [0, 0.1) is 47.3 Å². The van der Waals surface area contributed by atoms with Gasteiger partial charge in [-0.3, -0.25) is 4.79 Å². The van der Waals surface area contributed by atoms with Crippen molar-refractivity contribution in [2.75, 3.05) is 0 Å². The van der Waals surface area contributed by atoms with Gasteiger partial charge in [0.1, 0.15) is 11.7 Å². The number of esters is 1. The summed E-state index contributed by atoms with van der Waals surface area (Å²) in [6, 6.07) is 0. The summed E-state index contributed by atoms with van der Waals surface area (Å²) in [6.07, 6.45) is 9.11. The molecule has 3 rings (SSSR count). The molecule has 3 aliphatic heterocycles. The number of ether oxygens (including phenoxy) is 3. The number of carbonyl (C=O) groups excluding carboxylic acids is 2. The molecule has 0 amide bonds. The van der Waals surface area contributed by atoms with E-state index in [1.807, 2.05) is 32.1 Å². The number of aliphatic hydroxyl groups excluding tert-OH is 5. The Bertz CT molecular complexity index is 1330. The van der Waals surface area contributed by atoms with E-state index in [1.165, 1.54) is 13.0 Å². The molecule has 11 nitrogen and oxygen atoms in total. The van der Waals surface area contributed by atoms with E-state index in [0.717, 1.165) is 19.3 Å². The number of hydrogen-bond donors (Lipinski definition) is 6. The SMILES string of the molecule is CCC(O)CC1OC2(CCC1C)OC1CCC(CC)/C=C/C=C/CC(C)C(O)C(C)(O)C(=O)CC(O)C(C)C(O)C(C)C(O)C(C)/C=C/C(=O)OC(C1C)C2C. The highest BCUT2D eigenvalue weighted by Gasteiger charge is 2.56. The van der Waals surface area contributed by atoms with Crippen molar-refractivity contribution in [3.63, 3.8) is 0 Å². The topological polar surface area (TPSA) is 183 Å². The van der Waals surface area contributed by atoms with E-state index in [1.54, 1.807) is 33.8 Å². The smallest absolute Gasteiger partial charge is 0.330 e. The van der Waals surface area contributed by atoms with Crippen LogP contribution in [-0.2, 0) is 23.8 Å². The quantitative estimate of drug-likeness (QED) is 0.189. The van der Waals surface area contributed by atoms with Crippen molar-refractivity contribution in [3.8, 4) is 0 Å². The Hall–Kier alpha value is -1.96. The molecule has 3 aliphatic rings. The van der Waals surface area contributed by atoms with Crippen LogP contribution in [0.1, 0.15) is 127 Å². The second-order valence-corrected chi connectivity index (χ2v) is 18.0. The first-order valence-electron chi connectivity index (χ1n) is 21.4. The Morgan fingerprint density at radius 3 is 2.16 bits per heavy atom. The summed E-state index contributed by atoms with van der Waals surface area (Å²) in [5, 5.41) is 66.1. The largest absolute Gasteiger partial charge is 0.458 e. The number of ketones is 1. The first kappa shape index (κ1) is 48.4. The van der Waals surface area contributed by atoms with Crippen LogP contribution in [0.3, 0.4) is 0 Å². The van der Waals surface area contributed by atoms with Crippen LogP contribution < -0.4 is 0 Å². The minimum atomic E-state index is -2.13. The predicted octanol–water partition coefficient (Wildman–Crippen LogP) is 5.82. The monoisotopic (exact) mass is 793 g/mol. The van der Waals surface area contributed by atoms with Crippen LogP contribution in [-0.4, -0.2) is 103 Å². The van der Waals surface area contributed by atoms with Crippen molar-refractivity contribution >= 4 is 11.8 Å². The molecule has 3 heterocycles. The minimum absolute atomic E-state index is 0.154. The zero-order valence-electron chi connectivity index (χ0n) is 35.8. The zero-order valence-corrected chi connectivity index (χ0v) is 35.8. The molecule has 11 heteroatoms. The molecule has 2 bridgehead atoms. The Morgan fingerprint density at radius 1 is 0.839 bits per heavy atom. The fourth-order valence-corrected chi connectivity index (χ4v) is 8.85. The second kappa shape index (κ2) is 21.3. The molecular formula is C45H76O11. The highest BCUT2D eigenvalue weighted by Crippen LogP contribution is 2.49. The van der Waals surface area contributed by atoms with Crippen molar-refractivity contribution in [1.82, 2.24) is 0 Å². The average molecular weight is 793 g/mol. The van der Waals surface area contributed by atoms with Gasteiger partial charge in [0.15, 0.2) is 11.6 Å². The fourth-order valence-electron chi connectivity index (χ4n) is 8.85. The summed E-state index contributed by atoms with van der Waals surface area (Å²) in [6.45, 7) is 18.2. The van der Waals surface area contributed by atoms with Crippen molar-refractivity contribution in [3.05, 3.63) is 36.5 Å². The molecule has 0 radical (unpaired) electrons. The summed E-state index contributed by atoms with van der Waals surface area (Å²) in [5.41, 5.74) is -2.13. The molecule has 0 aliphatic carbocycles. The van der Waals surface area contributed by atoms with Crippen LogP contribution >= 0.6 is 0 Å². The molecule has 6 N–H and O–H groups in total. The summed E-state index contributed by atoms with van der Waals surface area (Å²) < 4.78 is 20.1. The van der Waals surface area contributed by atoms with E-state index in [9.17, 15) is 40.2 Å². The number of hydrogen-bond acceptors (Lipinski definition) is 11. The lowest BCUT2D eigenvalue weighted by molar-refractivity contribution is -0.371. The van der Waals surface area contributed by atoms with Gasteiger partial charge in [-0.1, -0.05) is 92.7 Å². The third kappa shape index (κ3) is 12.1. The lowest BCUT2D eigenvalue weighted by atomic mass is 9.74. The molecule has 2 fully saturated rings. The maximum absolute atomic E-state index is 13.6. The van der Waals surface area contributed by atoms with Crippen LogP contribution in [0.4, 0.5) is 0 Å². The predicted molar refractivity (Wildman–Crippen MR) is 216 cm³/mol. The van der Waals surface area contributed by atoms with E-state index in [0.29, 0.717) is 32.1 Å². The molecule has 322 valence electrons. The third-order valence-electron chi connectivity index (χ3n) is 13.7. The van der Waals surface area contributed by atoms with Gasteiger partial charge in [0, 0.05) is 48.5 Å². The Labute approximate surface area is 336 Å². The molecule has 0 aromatic heterocycles. The Balaban J connectivity index is 1.97.